The first kappa shape index (κ1) is 19.5. The molecular weight excluding hydrogens is 362 g/mol. The summed E-state index contributed by atoms with van der Waals surface area (Å²) in [7, 11) is 1.64. The van der Waals surface area contributed by atoms with Crippen molar-refractivity contribution >= 4 is 22.9 Å². The summed E-state index contributed by atoms with van der Waals surface area (Å²) in [6, 6.07) is 16.7. The van der Waals surface area contributed by atoms with Gasteiger partial charge < -0.3 is 15.0 Å². The molecule has 5 nitrogen and oxygen atoms in total. The number of nitrogens with zero attached hydrogens (tertiary/aromatic N) is 2. The molecule has 1 saturated carbocycles. The van der Waals surface area contributed by atoms with E-state index in [4.69, 9.17) is 4.74 Å². The molecule has 1 aliphatic heterocycles. The number of carbonyl (C=O) groups is 1. The summed E-state index contributed by atoms with van der Waals surface area (Å²) in [5, 5.41) is 2.96. The predicted molar refractivity (Wildman–Crippen MR) is 119 cm³/mol. The molecule has 1 heterocycles. The molecule has 0 aromatic heterocycles. The van der Waals surface area contributed by atoms with E-state index in [1.165, 1.54) is 18.5 Å². The molecule has 0 unspecified atom stereocenters. The molecule has 1 N–H and O–H groups in total. The van der Waals surface area contributed by atoms with E-state index in [9.17, 15) is 4.79 Å². The summed E-state index contributed by atoms with van der Waals surface area (Å²) < 4.78 is 5.18. The van der Waals surface area contributed by atoms with Gasteiger partial charge in [0.15, 0.2) is 0 Å². The van der Waals surface area contributed by atoms with E-state index in [1.54, 1.807) is 13.2 Å². The maximum atomic E-state index is 12.4. The van der Waals surface area contributed by atoms with Crippen LogP contribution < -0.4 is 15.0 Å². The van der Waals surface area contributed by atoms with E-state index in [2.05, 4.69) is 27.2 Å². The van der Waals surface area contributed by atoms with Crippen molar-refractivity contribution in [3.63, 3.8) is 0 Å². The Balaban J connectivity index is 1.32. The molecule has 29 heavy (non-hydrogen) atoms. The highest BCUT2D eigenvalue weighted by atomic mass is 16.5. The summed E-state index contributed by atoms with van der Waals surface area (Å²) in [4.78, 5) is 17.4. The van der Waals surface area contributed by atoms with E-state index in [0.717, 1.165) is 54.8 Å². The van der Waals surface area contributed by atoms with Crippen LogP contribution in [0.15, 0.2) is 54.6 Å². The minimum atomic E-state index is -0.121. The fraction of sp³-hybridized carbons (Fsp3) is 0.375. The van der Waals surface area contributed by atoms with Crippen molar-refractivity contribution < 1.29 is 9.53 Å². The van der Waals surface area contributed by atoms with Crippen molar-refractivity contribution in [2.45, 2.75) is 25.8 Å². The Morgan fingerprint density at radius 2 is 1.66 bits per heavy atom. The first-order valence-electron chi connectivity index (χ1n) is 10.3. The van der Waals surface area contributed by atoms with Gasteiger partial charge in [-0.25, -0.2) is 0 Å². The fourth-order valence-corrected chi connectivity index (χ4v) is 3.85. The summed E-state index contributed by atoms with van der Waals surface area (Å²) in [6.07, 6.45) is 4.38. The normalized spacial score (nSPS) is 17.9. The highest BCUT2D eigenvalue weighted by Crippen LogP contribution is 2.28. The Hall–Kier alpha value is -2.79. The van der Waals surface area contributed by atoms with Crippen LogP contribution in [-0.2, 0) is 4.79 Å². The average Bonchev–Trinajstić information content (AvgIpc) is 3.60. The van der Waals surface area contributed by atoms with E-state index in [-0.39, 0.29) is 5.91 Å². The van der Waals surface area contributed by atoms with E-state index in [1.807, 2.05) is 43.3 Å². The second kappa shape index (κ2) is 8.70. The maximum absolute atomic E-state index is 12.4. The van der Waals surface area contributed by atoms with Crippen LogP contribution in [0.1, 0.15) is 25.3 Å². The average molecular weight is 392 g/mol. The van der Waals surface area contributed by atoms with Crippen molar-refractivity contribution in [1.29, 1.82) is 0 Å². The zero-order valence-corrected chi connectivity index (χ0v) is 17.2. The van der Waals surface area contributed by atoms with Crippen LogP contribution in [0.25, 0.3) is 5.57 Å². The van der Waals surface area contributed by atoms with Crippen LogP contribution in [0, 0.1) is 0 Å². The number of allylic oxidation sites excluding steroid dienone is 1. The molecule has 1 amide bonds. The molecule has 2 aromatic carbocycles. The third-order valence-corrected chi connectivity index (χ3v) is 5.77. The molecule has 5 heteroatoms. The number of hydrogen-bond donors (Lipinski definition) is 1. The Kier molecular flexibility index (Phi) is 5.86. The number of ether oxygens (including phenoxy) is 1. The van der Waals surface area contributed by atoms with Gasteiger partial charge in [-0.15, -0.1) is 0 Å². The van der Waals surface area contributed by atoms with Crippen LogP contribution in [0.2, 0.25) is 0 Å². The Labute approximate surface area is 173 Å². The SMILES string of the molecule is COc1ccc(/C(C)=C/C(=O)Nc2ccc(N3CCN(C4CC4)CC3)cc2)cc1. The van der Waals surface area contributed by atoms with Gasteiger partial charge in [0, 0.05) is 49.7 Å². The molecule has 1 aliphatic carbocycles. The lowest BCUT2D eigenvalue weighted by Crippen LogP contribution is -2.47. The van der Waals surface area contributed by atoms with Crippen LogP contribution in [0.5, 0.6) is 5.75 Å². The smallest absolute Gasteiger partial charge is 0.248 e. The molecule has 2 aliphatic rings. The maximum Gasteiger partial charge on any atom is 0.248 e. The van der Waals surface area contributed by atoms with Gasteiger partial charge in [-0.2, -0.15) is 0 Å². The lowest BCUT2D eigenvalue weighted by Gasteiger charge is -2.36. The van der Waals surface area contributed by atoms with Gasteiger partial charge in [-0.05, 0) is 67.3 Å². The number of anilines is 2. The number of piperazine rings is 1. The molecule has 152 valence electrons. The molecule has 2 fully saturated rings. The first-order valence-corrected chi connectivity index (χ1v) is 10.3. The third-order valence-electron chi connectivity index (χ3n) is 5.77. The Morgan fingerprint density at radius 1 is 1.00 bits per heavy atom. The van der Waals surface area contributed by atoms with Crippen molar-refractivity contribution in [1.82, 2.24) is 4.90 Å². The van der Waals surface area contributed by atoms with Crippen LogP contribution in [0.4, 0.5) is 11.4 Å². The molecule has 1 saturated heterocycles. The van der Waals surface area contributed by atoms with Gasteiger partial charge in [-0.3, -0.25) is 9.69 Å². The van der Waals surface area contributed by atoms with Crippen LogP contribution in [-0.4, -0.2) is 50.1 Å². The van der Waals surface area contributed by atoms with Gasteiger partial charge in [0.25, 0.3) is 0 Å². The molecular formula is C24H29N3O2. The number of hydrogen-bond acceptors (Lipinski definition) is 4. The van der Waals surface area contributed by atoms with E-state index in [0.29, 0.717) is 0 Å². The van der Waals surface area contributed by atoms with Crippen LogP contribution in [0.3, 0.4) is 0 Å². The highest BCUT2D eigenvalue weighted by molar-refractivity contribution is 6.03. The predicted octanol–water partition coefficient (Wildman–Crippen LogP) is 4.02. The lowest BCUT2D eigenvalue weighted by molar-refractivity contribution is -0.111. The summed E-state index contributed by atoms with van der Waals surface area (Å²) in [5.74, 6) is 0.684. The zero-order chi connectivity index (χ0) is 20.2. The fourth-order valence-electron chi connectivity index (χ4n) is 3.85. The van der Waals surface area contributed by atoms with Gasteiger partial charge in [0.1, 0.15) is 5.75 Å². The standard InChI is InChI=1S/C24H29N3O2/c1-18(19-3-11-23(29-2)12-4-19)17-24(28)25-20-5-7-21(8-6-20)26-13-15-27(16-14-26)22-9-10-22/h3-8,11-12,17,22H,9-10,13-16H2,1-2H3,(H,25,28)/b18-17+. The van der Waals surface area contributed by atoms with E-state index < -0.39 is 0 Å². The van der Waals surface area contributed by atoms with Gasteiger partial charge in [0.05, 0.1) is 7.11 Å². The quantitative estimate of drug-likeness (QED) is 0.756. The number of amides is 1. The van der Waals surface area contributed by atoms with Crippen molar-refractivity contribution in [2.24, 2.45) is 0 Å². The third kappa shape index (κ3) is 4.98. The van der Waals surface area contributed by atoms with E-state index >= 15 is 0 Å². The number of nitrogens with one attached hydrogen (secondary N) is 1. The Morgan fingerprint density at radius 3 is 2.24 bits per heavy atom. The number of rotatable bonds is 6. The molecule has 2 aromatic rings. The summed E-state index contributed by atoms with van der Waals surface area (Å²) in [6.45, 7) is 6.39. The molecule has 0 spiro atoms. The summed E-state index contributed by atoms with van der Waals surface area (Å²) in [5.41, 5.74) is 3.95. The Bertz CT molecular complexity index is 862. The van der Waals surface area contributed by atoms with Gasteiger partial charge in [-0.1, -0.05) is 12.1 Å². The van der Waals surface area contributed by atoms with Crippen molar-refractivity contribution in [2.75, 3.05) is 43.5 Å². The topological polar surface area (TPSA) is 44.8 Å². The molecule has 0 bridgehead atoms. The number of carbonyl (C=O) groups excluding carboxylic acids is 1. The minimum absolute atomic E-state index is 0.121. The second-order valence-corrected chi connectivity index (χ2v) is 7.85. The molecule has 0 radical (unpaired) electrons. The number of methoxy groups -OCH3 is 1. The second-order valence-electron chi connectivity index (χ2n) is 7.85. The van der Waals surface area contributed by atoms with Crippen LogP contribution >= 0.6 is 0 Å². The highest BCUT2D eigenvalue weighted by Gasteiger charge is 2.31. The molecule has 4 rings (SSSR count). The number of benzene rings is 2. The molecule has 0 atom stereocenters. The summed E-state index contributed by atoms with van der Waals surface area (Å²) >= 11 is 0. The lowest BCUT2D eigenvalue weighted by atomic mass is 10.1. The van der Waals surface area contributed by atoms with Crippen molar-refractivity contribution in [3.05, 3.63) is 60.2 Å². The minimum Gasteiger partial charge on any atom is -0.497 e. The van der Waals surface area contributed by atoms with Crippen molar-refractivity contribution in [3.8, 4) is 5.75 Å². The monoisotopic (exact) mass is 391 g/mol. The first-order chi connectivity index (χ1) is 14.1. The van der Waals surface area contributed by atoms with Gasteiger partial charge >= 0.3 is 0 Å². The zero-order valence-electron chi connectivity index (χ0n) is 17.2. The van der Waals surface area contributed by atoms with Gasteiger partial charge in [0.2, 0.25) is 5.91 Å². The largest absolute Gasteiger partial charge is 0.497 e.